The average molecular weight is 420 g/mol. The number of guanidine groups is 1. The number of hydrogen-bond donors (Lipinski definition) is 3. The Morgan fingerprint density at radius 3 is 2.72 bits per heavy atom. The van der Waals surface area contributed by atoms with E-state index in [0.29, 0.717) is 24.5 Å². The van der Waals surface area contributed by atoms with Crippen molar-refractivity contribution in [3.63, 3.8) is 0 Å². The van der Waals surface area contributed by atoms with E-state index in [4.69, 9.17) is 11.6 Å². The summed E-state index contributed by atoms with van der Waals surface area (Å²) in [7, 11) is 0. The van der Waals surface area contributed by atoms with E-state index in [0.717, 1.165) is 62.8 Å². The van der Waals surface area contributed by atoms with Gasteiger partial charge < -0.3 is 16.0 Å². The smallest absolute Gasteiger partial charge is 0.234 e. The Balaban J connectivity index is 1.43. The molecule has 1 heterocycles. The lowest BCUT2D eigenvalue weighted by Gasteiger charge is -2.32. The van der Waals surface area contributed by atoms with Crippen LogP contribution in [0.3, 0.4) is 0 Å². The van der Waals surface area contributed by atoms with Crippen molar-refractivity contribution < 1.29 is 4.79 Å². The second kappa shape index (κ2) is 10.8. The summed E-state index contributed by atoms with van der Waals surface area (Å²) in [5.41, 5.74) is 1.29. The Kier molecular flexibility index (Phi) is 8.19. The van der Waals surface area contributed by atoms with Crippen molar-refractivity contribution in [1.82, 2.24) is 20.9 Å². The van der Waals surface area contributed by atoms with Crippen molar-refractivity contribution in [3.8, 4) is 0 Å². The molecule has 1 aromatic rings. The van der Waals surface area contributed by atoms with E-state index in [2.05, 4.69) is 51.8 Å². The highest BCUT2D eigenvalue weighted by Gasteiger charge is 2.39. The summed E-state index contributed by atoms with van der Waals surface area (Å²) in [6.45, 7) is 8.01. The maximum absolute atomic E-state index is 11.9. The van der Waals surface area contributed by atoms with Crippen molar-refractivity contribution in [2.45, 2.75) is 57.5 Å². The number of benzene rings is 1. The highest BCUT2D eigenvalue weighted by atomic mass is 35.5. The largest absolute Gasteiger partial charge is 0.355 e. The van der Waals surface area contributed by atoms with Gasteiger partial charge in [-0.2, -0.15) is 0 Å². The second-order valence-electron chi connectivity index (χ2n) is 8.02. The van der Waals surface area contributed by atoms with E-state index in [1.54, 1.807) is 0 Å². The molecule has 160 valence electrons. The summed E-state index contributed by atoms with van der Waals surface area (Å²) in [6.07, 6.45) is 4.13. The lowest BCUT2D eigenvalue weighted by atomic mass is 10.1. The summed E-state index contributed by atoms with van der Waals surface area (Å²) in [5.74, 6) is 1.54. The van der Waals surface area contributed by atoms with E-state index in [9.17, 15) is 4.79 Å². The van der Waals surface area contributed by atoms with Gasteiger partial charge in [0, 0.05) is 49.2 Å². The van der Waals surface area contributed by atoms with E-state index >= 15 is 0 Å². The number of nitrogens with zero attached hydrogens (tertiary/aromatic N) is 2. The van der Waals surface area contributed by atoms with Crippen LogP contribution in [-0.2, 0) is 4.79 Å². The van der Waals surface area contributed by atoms with Gasteiger partial charge in [0.05, 0.1) is 6.54 Å². The van der Waals surface area contributed by atoms with Crippen LogP contribution in [0.2, 0.25) is 5.02 Å². The number of amides is 1. The zero-order valence-electron chi connectivity index (χ0n) is 17.6. The highest BCUT2D eigenvalue weighted by Crippen LogP contribution is 2.41. The molecule has 0 spiro atoms. The van der Waals surface area contributed by atoms with Crippen LogP contribution in [0.25, 0.3) is 0 Å². The van der Waals surface area contributed by atoms with Crippen molar-refractivity contribution in [2.24, 2.45) is 4.99 Å². The third kappa shape index (κ3) is 6.89. The number of halogens is 1. The van der Waals surface area contributed by atoms with Crippen LogP contribution in [0, 0.1) is 0 Å². The first kappa shape index (κ1) is 21.9. The average Bonchev–Trinajstić information content (AvgIpc) is 3.47. The summed E-state index contributed by atoms with van der Waals surface area (Å²) < 4.78 is 0. The van der Waals surface area contributed by atoms with Gasteiger partial charge in [-0.25, -0.2) is 0 Å². The van der Waals surface area contributed by atoms with Crippen LogP contribution < -0.4 is 16.0 Å². The third-order valence-electron chi connectivity index (χ3n) is 5.57. The van der Waals surface area contributed by atoms with Crippen LogP contribution in [-0.4, -0.2) is 61.6 Å². The molecule has 1 aliphatic carbocycles. The standard InChI is InChI=1S/C22H34ClN5O/c1-3-10-25-21(29)15-28-11-8-18(9-12-28)26-22(24-4-2)27-20-14-19(20)16-6-5-7-17(23)13-16/h5-7,13,18-20H,3-4,8-12,14-15H2,1-2H3,(H,25,29)(H2,24,26,27). The Labute approximate surface area is 179 Å². The molecule has 3 rings (SSSR count). The number of carbonyl (C=O) groups is 1. The van der Waals surface area contributed by atoms with Crippen molar-refractivity contribution in [2.75, 3.05) is 32.7 Å². The number of carbonyl (C=O) groups excluding carboxylic acids is 1. The van der Waals surface area contributed by atoms with E-state index in [1.165, 1.54) is 5.56 Å². The Bertz CT molecular complexity index is 702. The molecule has 2 fully saturated rings. The number of nitrogens with one attached hydrogen (secondary N) is 3. The maximum Gasteiger partial charge on any atom is 0.234 e. The first-order valence-corrected chi connectivity index (χ1v) is 11.3. The minimum atomic E-state index is 0.133. The fourth-order valence-corrected chi connectivity index (χ4v) is 4.08. The molecule has 0 bridgehead atoms. The number of hydrogen-bond acceptors (Lipinski definition) is 3. The number of aliphatic imine (C=N–C) groups is 1. The van der Waals surface area contributed by atoms with E-state index in [1.807, 2.05) is 12.1 Å². The second-order valence-corrected chi connectivity index (χ2v) is 8.45. The van der Waals surface area contributed by atoms with Gasteiger partial charge in [0.1, 0.15) is 0 Å². The van der Waals surface area contributed by atoms with Gasteiger partial charge in [0.2, 0.25) is 5.91 Å². The SMILES string of the molecule is CCCNC(=O)CN1CCC(NC(=NCC)NC2CC2c2cccc(Cl)c2)CC1. The molecule has 2 unspecified atom stereocenters. The lowest BCUT2D eigenvalue weighted by Crippen LogP contribution is -2.50. The summed E-state index contributed by atoms with van der Waals surface area (Å²) in [5, 5.41) is 10.9. The van der Waals surface area contributed by atoms with Crippen LogP contribution in [0.5, 0.6) is 0 Å². The molecule has 1 amide bonds. The number of likely N-dealkylation sites (tertiary alicyclic amines) is 1. The third-order valence-corrected chi connectivity index (χ3v) is 5.81. The molecule has 7 heteroatoms. The predicted octanol–water partition coefficient (Wildman–Crippen LogP) is 2.74. The molecule has 2 aliphatic rings. The molecule has 1 aliphatic heterocycles. The minimum Gasteiger partial charge on any atom is -0.355 e. The topological polar surface area (TPSA) is 68.8 Å². The molecule has 3 N–H and O–H groups in total. The van der Waals surface area contributed by atoms with Crippen LogP contribution in [0.15, 0.2) is 29.3 Å². The zero-order valence-corrected chi connectivity index (χ0v) is 18.3. The Morgan fingerprint density at radius 1 is 1.24 bits per heavy atom. The molecule has 2 atom stereocenters. The van der Waals surface area contributed by atoms with Gasteiger partial charge >= 0.3 is 0 Å². The van der Waals surface area contributed by atoms with Gasteiger partial charge in [-0.1, -0.05) is 30.7 Å². The lowest BCUT2D eigenvalue weighted by molar-refractivity contribution is -0.122. The molecule has 1 saturated heterocycles. The molecule has 0 radical (unpaired) electrons. The summed E-state index contributed by atoms with van der Waals surface area (Å²) in [4.78, 5) is 18.8. The highest BCUT2D eigenvalue weighted by molar-refractivity contribution is 6.30. The Hall–Kier alpha value is -1.79. The molecule has 1 aromatic carbocycles. The molecular formula is C22H34ClN5O. The first-order valence-electron chi connectivity index (χ1n) is 10.9. The molecule has 6 nitrogen and oxygen atoms in total. The van der Waals surface area contributed by atoms with Gasteiger partial charge in [-0.15, -0.1) is 0 Å². The van der Waals surface area contributed by atoms with Crippen LogP contribution in [0.1, 0.15) is 51.0 Å². The van der Waals surface area contributed by atoms with Crippen molar-refractivity contribution in [1.29, 1.82) is 0 Å². The van der Waals surface area contributed by atoms with Crippen molar-refractivity contribution >= 4 is 23.5 Å². The molecular weight excluding hydrogens is 386 g/mol. The summed E-state index contributed by atoms with van der Waals surface area (Å²) in [6, 6.07) is 8.95. The van der Waals surface area contributed by atoms with Gasteiger partial charge in [-0.05, 0) is 50.3 Å². The first-order chi connectivity index (χ1) is 14.1. The summed E-state index contributed by atoms with van der Waals surface area (Å²) >= 11 is 6.13. The normalized spacial score (nSPS) is 22.9. The molecule has 0 aromatic heterocycles. The maximum atomic E-state index is 11.9. The monoisotopic (exact) mass is 419 g/mol. The van der Waals surface area contributed by atoms with E-state index < -0.39 is 0 Å². The fraction of sp³-hybridized carbons (Fsp3) is 0.636. The van der Waals surface area contributed by atoms with Crippen LogP contribution >= 0.6 is 11.6 Å². The van der Waals surface area contributed by atoms with Gasteiger partial charge in [-0.3, -0.25) is 14.7 Å². The number of rotatable bonds is 8. The number of piperidine rings is 1. The molecule has 1 saturated carbocycles. The van der Waals surface area contributed by atoms with Gasteiger partial charge in [0.15, 0.2) is 5.96 Å². The molecule has 29 heavy (non-hydrogen) atoms. The fourth-order valence-electron chi connectivity index (χ4n) is 3.88. The van der Waals surface area contributed by atoms with Gasteiger partial charge in [0.25, 0.3) is 0 Å². The van der Waals surface area contributed by atoms with Crippen LogP contribution in [0.4, 0.5) is 0 Å². The zero-order chi connectivity index (χ0) is 20.6. The van der Waals surface area contributed by atoms with E-state index in [-0.39, 0.29) is 5.91 Å². The van der Waals surface area contributed by atoms with Crippen molar-refractivity contribution in [3.05, 3.63) is 34.9 Å². The quantitative estimate of drug-likeness (QED) is 0.447. The predicted molar refractivity (Wildman–Crippen MR) is 120 cm³/mol. The Morgan fingerprint density at radius 2 is 2.03 bits per heavy atom. The minimum absolute atomic E-state index is 0.133.